The number of hydrogen-bond donors (Lipinski definition) is 0. The number of carbonyl (C=O) groups is 2. The molecular formula is C25H18N2O7. The zero-order valence-electron chi connectivity index (χ0n) is 18.2. The molecule has 9 nitrogen and oxygen atoms in total. The molecular weight excluding hydrogens is 440 g/mol. The molecule has 4 rings (SSSR count). The van der Waals surface area contributed by atoms with E-state index in [4.69, 9.17) is 14.2 Å². The number of ether oxygens (including phenoxy) is 3. The molecule has 0 fully saturated rings. The van der Waals surface area contributed by atoms with Gasteiger partial charge in [-0.3, -0.25) is 10.1 Å². The van der Waals surface area contributed by atoms with Crippen LogP contribution in [-0.4, -0.2) is 29.9 Å². The minimum absolute atomic E-state index is 0.0224. The Hall–Kier alpha value is -4.79. The third-order valence-corrected chi connectivity index (χ3v) is 4.87. The van der Waals surface area contributed by atoms with Crippen LogP contribution in [0.2, 0.25) is 0 Å². The molecule has 0 unspecified atom stereocenters. The van der Waals surface area contributed by atoms with Gasteiger partial charge >= 0.3 is 11.9 Å². The van der Waals surface area contributed by atoms with Gasteiger partial charge in [0.1, 0.15) is 0 Å². The number of hydrogen-bond acceptors (Lipinski definition) is 8. The quantitative estimate of drug-likeness (QED) is 0.176. The molecule has 1 aliphatic heterocycles. The van der Waals surface area contributed by atoms with Crippen LogP contribution < -0.4 is 9.47 Å². The van der Waals surface area contributed by atoms with Crippen LogP contribution in [0.1, 0.15) is 27.0 Å². The van der Waals surface area contributed by atoms with Crippen LogP contribution in [0.4, 0.5) is 5.69 Å². The fourth-order valence-electron chi connectivity index (χ4n) is 3.23. The number of nitro groups is 1. The summed E-state index contributed by atoms with van der Waals surface area (Å²) in [6.07, 6.45) is 1.53. The number of esters is 2. The molecule has 0 aliphatic carbocycles. The normalized spacial score (nSPS) is 13.9. The molecule has 3 aromatic rings. The van der Waals surface area contributed by atoms with Gasteiger partial charge in [0.05, 0.1) is 17.6 Å². The molecule has 0 atom stereocenters. The molecule has 0 bridgehead atoms. The predicted octanol–water partition coefficient (Wildman–Crippen LogP) is 4.48. The van der Waals surface area contributed by atoms with Crippen LogP contribution in [0.15, 0.2) is 77.4 Å². The monoisotopic (exact) mass is 458 g/mol. The van der Waals surface area contributed by atoms with Gasteiger partial charge in [-0.15, -0.1) is 0 Å². The maximum Gasteiger partial charge on any atom is 0.363 e. The number of aliphatic imine (C=N–C) groups is 1. The van der Waals surface area contributed by atoms with Crippen LogP contribution in [0.3, 0.4) is 0 Å². The molecule has 3 aromatic carbocycles. The number of cyclic esters (lactones) is 1. The number of non-ortho nitro benzene ring substituents is 1. The summed E-state index contributed by atoms with van der Waals surface area (Å²) in [6, 6.07) is 17.3. The Morgan fingerprint density at radius 3 is 2.59 bits per heavy atom. The summed E-state index contributed by atoms with van der Waals surface area (Å²) in [6.45, 7) is 1.93. The highest BCUT2D eigenvalue weighted by atomic mass is 16.6. The number of benzene rings is 3. The summed E-state index contributed by atoms with van der Waals surface area (Å²) in [4.78, 5) is 39.4. The molecule has 0 spiro atoms. The highest BCUT2D eigenvalue weighted by Gasteiger charge is 2.24. The maximum absolute atomic E-state index is 12.5. The summed E-state index contributed by atoms with van der Waals surface area (Å²) in [5.74, 6) is -0.813. The summed E-state index contributed by atoms with van der Waals surface area (Å²) < 4.78 is 16.0. The van der Waals surface area contributed by atoms with Gasteiger partial charge < -0.3 is 14.2 Å². The van der Waals surface area contributed by atoms with Crippen LogP contribution in [0, 0.1) is 17.0 Å². The van der Waals surface area contributed by atoms with Gasteiger partial charge in [-0.2, -0.15) is 0 Å². The van der Waals surface area contributed by atoms with Crippen molar-refractivity contribution >= 4 is 29.6 Å². The van der Waals surface area contributed by atoms with Gasteiger partial charge in [-0.05, 0) is 48.9 Å². The van der Waals surface area contributed by atoms with Crippen LogP contribution in [0.25, 0.3) is 6.08 Å². The number of aryl methyl sites for hydroxylation is 1. The highest BCUT2D eigenvalue weighted by Crippen LogP contribution is 2.31. The topological polar surface area (TPSA) is 117 Å². The Kier molecular flexibility index (Phi) is 6.18. The average Bonchev–Trinajstić information content (AvgIpc) is 3.20. The minimum atomic E-state index is -0.778. The number of carbonyl (C=O) groups excluding carboxylic acids is 2. The van der Waals surface area contributed by atoms with Gasteiger partial charge in [-0.25, -0.2) is 14.6 Å². The van der Waals surface area contributed by atoms with E-state index in [1.165, 1.54) is 37.5 Å². The summed E-state index contributed by atoms with van der Waals surface area (Å²) >= 11 is 0. The van der Waals surface area contributed by atoms with Gasteiger partial charge in [0.15, 0.2) is 17.2 Å². The second kappa shape index (κ2) is 9.37. The number of nitrogens with zero attached hydrogens (tertiary/aromatic N) is 2. The third-order valence-electron chi connectivity index (χ3n) is 4.87. The molecule has 0 amide bonds. The molecule has 1 heterocycles. The van der Waals surface area contributed by atoms with E-state index in [0.29, 0.717) is 11.1 Å². The Morgan fingerprint density at radius 1 is 1.06 bits per heavy atom. The molecule has 9 heteroatoms. The second-order valence-electron chi connectivity index (χ2n) is 7.31. The molecule has 0 saturated carbocycles. The van der Waals surface area contributed by atoms with Crippen molar-refractivity contribution < 1.29 is 28.7 Å². The lowest BCUT2D eigenvalue weighted by Crippen LogP contribution is -2.09. The Morgan fingerprint density at radius 2 is 1.85 bits per heavy atom. The first kappa shape index (κ1) is 22.4. The third kappa shape index (κ3) is 4.83. The Labute approximate surface area is 194 Å². The van der Waals surface area contributed by atoms with E-state index < -0.39 is 16.9 Å². The standard InChI is InChI=1S/C25H18N2O7/c1-15-5-3-6-17(11-15)23-26-20(25(29)34-23)12-16-9-10-21(22(13-16)32-2)33-24(28)18-7-4-8-19(14-18)27(30)31/h3-14H,1-2H3/b20-12-. The van der Waals surface area contributed by atoms with Crippen molar-refractivity contribution in [3.8, 4) is 11.5 Å². The van der Waals surface area contributed by atoms with E-state index in [1.54, 1.807) is 18.2 Å². The minimum Gasteiger partial charge on any atom is -0.493 e. The van der Waals surface area contributed by atoms with Crippen molar-refractivity contribution in [1.82, 2.24) is 0 Å². The fraction of sp³-hybridized carbons (Fsp3) is 0.0800. The average molecular weight is 458 g/mol. The first-order chi connectivity index (χ1) is 16.3. The second-order valence-corrected chi connectivity index (χ2v) is 7.31. The van der Waals surface area contributed by atoms with E-state index in [9.17, 15) is 19.7 Å². The lowest BCUT2D eigenvalue weighted by molar-refractivity contribution is -0.384. The maximum atomic E-state index is 12.5. The predicted molar refractivity (Wildman–Crippen MR) is 123 cm³/mol. The first-order valence-corrected chi connectivity index (χ1v) is 10.1. The molecule has 0 saturated heterocycles. The molecule has 0 aromatic heterocycles. The van der Waals surface area contributed by atoms with Crippen LogP contribution >= 0.6 is 0 Å². The van der Waals surface area contributed by atoms with E-state index in [2.05, 4.69) is 4.99 Å². The summed E-state index contributed by atoms with van der Waals surface area (Å²) in [5, 5.41) is 10.9. The molecule has 0 radical (unpaired) electrons. The highest BCUT2D eigenvalue weighted by molar-refractivity contribution is 6.12. The van der Waals surface area contributed by atoms with Crippen molar-refractivity contribution in [3.05, 3.63) is 105 Å². The van der Waals surface area contributed by atoms with Crippen molar-refractivity contribution in [3.63, 3.8) is 0 Å². The van der Waals surface area contributed by atoms with Gasteiger partial charge in [0.25, 0.3) is 5.69 Å². The largest absolute Gasteiger partial charge is 0.493 e. The first-order valence-electron chi connectivity index (χ1n) is 10.1. The van der Waals surface area contributed by atoms with Crippen molar-refractivity contribution in [2.24, 2.45) is 4.99 Å². The Bertz CT molecular complexity index is 1380. The number of methoxy groups -OCH3 is 1. The van der Waals surface area contributed by atoms with E-state index in [0.717, 1.165) is 11.6 Å². The summed E-state index contributed by atoms with van der Waals surface area (Å²) in [7, 11) is 1.40. The summed E-state index contributed by atoms with van der Waals surface area (Å²) in [5.41, 5.74) is 2.17. The SMILES string of the molecule is COc1cc(/C=C2\N=C(c3cccc(C)c3)OC2=O)ccc1OC(=O)c1cccc([N+](=O)[O-])c1. The zero-order valence-corrected chi connectivity index (χ0v) is 18.2. The smallest absolute Gasteiger partial charge is 0.363 e. The Balaban J connectivity index is 1.57. The fourth-order valence-corrected chi connectivity index (χ4v) is 3.23. The van der Waals surface area contributed by atoms with Crippen LogP contribution in [0.5, 0.6) is 11.5 Å². The van der Waals surface area contributed by atoms with E-state index in [-0.39, 0.29) is 34.3 Å². The molecule has 170 valence electrons. The van der Waals surface area contributed by atoms with Crippen molar-refractivity contribution in [2.45, 2.75) is 6.92 Å². The molecule has 34 heavy (non-hydrogen) atoms. The van der Waals surface area contributed by atoms with Crippen LogP contribution in [-0.2, 0) is 9.53 Å². The molecule has 0 N–H and O–H groups in total. The lowest BCUT2D eigenvalue weighted by Gasteiger charge is -2.10. The van der Waals surface area contributed by atoms with E-state index in [1.807, 2.05) is 25.1 Å². The number of nitro benzene ring substituents is 1. The van der Waals surface area contributed by atoms with Crippen molar-refractivity contribution in [1.29, 1.82) is 0 Å². The van der Waals surface area contributed by atoms with Gasteiger partial charge in [0, 0.05) is 17.7 Å². The van der Waals surface area contributed by atoms with Gasteiger partial charge in [0.2, 0.25) is 5.90 Å². The number of rotatable bonds is 6. The lowest BCUT2D eigenvalue weighted by atomic mass is 10.1. The zero-order chi connectivity index (χ0) is 24.2. The van der Waals surface area contributed by atoms with Crippen molar-refractivity contribution in [2.75, 3.05) is 7.11 Å². The van der Waals surface area contributed by atoms with Gasteiger partial charge in [-0.1, -0.05) is 29.8 Å². The molecule has 1 aliphatic rings. The van der Waals surface area contributed by atoms with E-state index >= 15 is 0 Å².